The van der Waals surface area contributed by atoms with Gasteiger partial charge in [-0.25, -0.2) is 0 Å². The third kappa shape index (κ3) is 2.93. The molecule has 0 spiro atoms. The van der Waals surface area contributed by atoms with Crippen molar-refractivity contribution in [2.75, 3.05) is 34.2 Å². The Morgan fingerprint density at radius 2 is 1.92 bits per heavy atom. The monoisotopic (exact) mass is 185 g/mol. The van der Waals surface area contributed by atoms with Crippen LogP contribution >= 0.6 is 0 Å². The van der Waals surface area contributed by atoms with E-state index < -0.39 is 0 Å². The van der Waals surface area contributed by atoms with Gasteiger partial charge in [0.05, 0.1) is 0 Å². The molecule has 0 aromatic heterocycles. The topological polar surface area (TPSA) is 18.5 Å². The third-order valence-corrected chi connectivity index (χ3v) is 2.68. The van der Waals surface area contributed by atoms with Crippen molar-refractivity contribution >= 4 is 0 Å². The Balaban J connectivity index is 2.50. The maximum Gasteiger partial charge on any atom is 0.0382 e. The molecular weight excluding hydrogens is 162 g/mol. The van der Waals surface area contributed by atoms with Gasteiger partial charge in [0.15, 0.2) is 0 Å². The fourth-order valence-corrected chi connectivity index (χ4v) is 2.09. The molecule has 1 aliphatic rings. The Kier molecular flexibility index (Phi) is 3.71. The van der Waals surface area contributed by atoms with Gasteiger partial charge in [-0.15, -0.1) is 0 Å². The number of rotatable bonds is 3. The highest BCUT2D eigenvalue weighted by molar-refractivity contribution is 4.93. The van der Waals surface area contributed by atoms with E-state index in [4.69, 9.17) is 0 Å². The van der Waals surface area contributed by atoms with Crippen molar-refractivity contribution in [3.05, 3.63) is 0 Å². The van der Waals surface area contributed by atoms with E-state index in [-0.39, 0.29) is 0 Å². The Morgan fingerprint density at radius 1 is 1.31 bits per heavy atom. The molecule has 1 N–H and O–H groups in total. The molecule has 0 bridgehead atoms. The van der Waals surface area contributed by atoms with Gasteiger partial charge >= 0.3 is 0 Å². The highest BCUT2D eigenvalue weighted by Crippen LogP contribution is 2.12. The van der Waals surface area contributed by atoms with E-state index in [1.807, 2.05) is 0 Å². The summed E-state index contributed by atoms with van der Waals surface area (Å²) in [5, 5.41) is 3.62. The van der Waals surface area contributed by atoms with Gasteiger partial charge in [0.1, 0.15) is 0 Å². The van der Waals surface area contributed by atoms with Crippen molar-refractivity contribution in [1.82, 2.24) is 15.1 Å². The lowest BCUT2D eigenvalue weighted by atomic mass is 10.1. The SMILES string of the molecule is CC(C)N[C@@H]1CN(C)C[C@H]1N(C)C. The lowest BCUT2D eigenvalue weighted by Crippen LogP contribution is -2.48. The molecule has 1 saturated heterocycles. The fourth-order valence-electron chi connectivity index (χ4n) is 2.09. The van der Waals surface area contributed by atoms with Gasteiger partial charge in [-0.1, -0.05) is 13.8 Å². The molecule has 13 heavy (non-hydrogen) atoms. The first-order chi connectivity index (χ1) is 6.00. The molecule has 0 amide bonds. The molecule has 0 unspecified atom stereocenters. The van der Waals surface area contributed by atoms with Gasteiger partial charge in [-0.3, -0.25) is 0 Å². The number of likely N-dealkylation sites (N-methyl/N-ethyl adjacent to an activating group) is 2. The van der Waals surface area contributed by atoms with Crippen molar-refractivity contribution in [3.8, 4) is 0 Å². The minimum absolute atomic E-state index is 0.582. The lowest BCUT2D eigenvalue weighted by Gasteiger charge is -2.27. The van der Waals surface area contributed by atoms with E-state index in [0.717, 1.165) is 0 Å². The molecule has 1 rings (SSSR count). The summed E-state index contributed by atoms with van der Waals surface area (Å²) >= 11 is 0. The van der Waals surface area contributed by atoms with Crippen LogP contribution in [0.1, 0.15) is 13.8 Å². The van der Waals surface area contributed by atoms with E-state index in [1.165, 1.54) is 13.1 Å². The maximum absolute atomic E-state index is 3.62. The van der Waals surface area contributed by atoms with Gasteiger partial charge in [0, 0.05) is 31.2 Å². The van der Waals surface area contributed by atoms with Crippen LogP contribution in [-0.4, -0.2) is 62.2 Å². The zero-order valence-corrected chi connectivity index (χ0v) is 9.54. The zero-order valence-electron chi connectivity index (χ0n) is 9.54. The van der Waals surface area contributed by atoms with Gasteiger partial charge in [-0.05, 0) is 21.1 Å². The second-order valence-electron chi connectivity index (χ2n) is 4.68. The van der Waals surface area contributed by atoms with Crippen LogP contribution in [0.15, 0.2) is 0 Å². The quantitative estimate of drug-likeness (QED) is 0.679. The molecule has 0 aromatic rings. The standard InChI is InChI=1S/C10H23N3/c1-8(2)11-9-6-13(5)7-10(9)12(3)4/h8-11H,6-7H2,1-5H3/t9-,10-/m1/s1. The molecule has 0 aliphatic carbocycles. The van der Waals surface area contributed by atoms with Crippen LogP contribution in [0.3, 0.4) is 0 Å². The van der Waals surface area contributed by atoms with Crippen molar-refractivity contribution < 1.29 is 0 Å². The largest absolute Gasteiger partial charge is 0.309 e. The zero-order chi connectivity index (χ0) is 10.0. The highest BCUT2D eigenvalue weighted by atomic mass is 15.3. The summed E-state index contributed by atoms with van der Waals surface area (Å²) in [4.78, 5) is 4.72. The van der Waals surface area contributed by atoms with E-state index in [9.17, 15) is 0 Å². The summed E-state index contributed by atoms with van der Waals surface area (Å²) in [7, 11) is 6.52. The molecule has 78 valence electrons. The third-order valence-electron chi connectivity index (χ3n) is 2.68. The molecule has 3 heteroatoms. The van der Waals surface area contributed by atoms with Crippen LogP contribution in [0, 0.1) is 0 Å². The van der Waals surface area contributed by atoms with Crippen LogP contribution in [0.2, 0.25) is 0 Å². The minimum atomic E-state index is 0.582. The Labute approximate surface area is 82.1 Å². The second kappa shape index (κ2) is 4.40. The van der Waals surface area contributed by atoms with E-state index in [0.29, 0.717) is 18.1 Å². The molecule has 2 atom stereocenters. The number of hydrogen-bond acceptors (Lipinski definition) is 3. The summed E-state index contributed by atoms with van der Waals surface area (Å²) in [6.07, 6.45) is 0. The van der Waals surface area contributed by atoms with Gasteiger partial charge in [-0.2, -0.15) is 0 Å². The molecular formula is C10H23N3. The van der Waals surface area contributed by atoms with Gasteiger partial charge in [0.25, 0.3) is 0 Å². The number of likely N-dealkylation sites (tertiary alicyclic amines) is 1. The van der Waals surface area contributed by atoms with E-state index in [2.05, 4.69) is 50.1 Å². The lowest BCUT2D eigenvalue weighted by molar-refractivity contribution is 0.255. The number of hydrogen-bond donors (Lipinski definition) is 1. The molecule has 0 saturated carbocycles. The highest BCUT2D eigenvalue weighted by Gasteiger charge is 2.32. The molecule has 0 radical (unpaired) electrons. The summed E-state index contributed by atoms with van der Waals surface area (Å²) in [6, 6.07) is 1.87. The Morgan fingerprint density at radius 3 is 2.38 bits per heavy atom. The first-order valence-corrected chi connectivity index (χ1v) is 5.11. The molecule has 1 aliphatic heterocycles. The number of nitrogens with one attached hydrogen (secondary N) is 1. The van der Waals surface area contributed by atoms with Crippen LogP contribution in [0.4, 0.5) is 0 Å². The van der Waals surface area contributed by atoms with Crippen molar-refractivity contribution in [1.29, 1.82) is 0 Å². The predicted molar refractivity (Wildman–Crippen MR) is 57.0 cm³/mol. The van der Waals surface area contributed by atoms with Crippen LogP contribution in [-0.2, 0) is 0 Å². The average Bonchev–Trinajstić information content (AvgIpc) is 2.29. The van der Waals surface area contributed by atoms with Crippen LogP contribution in [0.5, 0.6) is 0 Å². The summed E-state index contributed by atoms with van der Waals surface area (Å²) in [6.45, 7) is 6.77. The minimum Gasteiger partial charge on any atom is -0.309 e. The maximum atomic E-state index is 3.62. The normalized spacial score (nSPS) is 30.7. The molecule has 3 nitrogen and oxygen atoms in total. The summed E-state index contributed by atoms with van der Waals surface area (Å²) in [5.74, 6) is 0. The van der Waals surface area contributed by atoms with Crippen molar-refractivity contribution in [2.24, 2.45) is 0 Å². The van der Waals surface area contributed by atoms with Gasteiger partial charge in [0.2, 0.25) is 0 Å². The Hall–Kier alpha value is -0.120. The average molecular weight is 185 g/mol. The summed E-state index contributed by atoms with van der Waals surface area (Å²) in [5.41, 5.74) is 0. The Bertz CT molecular complexity index is 156. The van der Waals surface area contributed by atoms with Crippen molar-refractivity contribution in [2.45, 2.75) is 32.0 Å². The summed E-state index contributed by atoms with van der Waals surface area (Å²) < 4.78 is 0. The fraction of sp³-hybridized carbons (Fsp3) is 1.00. The first kappa shape index (κ1) is 11.0. The van der Waals surface area contributed by atoms with Crippen molar-refractivity contribution in [3.63, 3.8) is 0 Å². The molecule has 1 fully saturated rings. The second-order valence-corrected chi connectivity index (χ2v) is 4.68. The van der Waals surface area contributed by atoms with E-state index in [1.54, 1.807) is 0 Å². The van der Waals surface area contributed by atoms with Crippen LogP contribution < -0.4 is 5.32 Å². The number of nitrogens with zero attached hydrogens (tertiary/aromatic N) is 2. The van der Waals surface area contributed by atoms with E-state index >= 15 is 0 Å². The van der Waals surface area contributed by atoms with Gasteiger partial charge < -0.3 is 15.1 Å². The smallest absolute Gasteiger partial charge is 0.0382 e. The molecule has 0 aromatic carbocycles. The predicted octanol–water partition coefficient (Wildman–Crippen LogP) is 0.229. The first-order valence-electron chi connectivity index (χ1n) is 5.11. The molecule has 1 heterocycles. The van der Waals surface area contributed by atoms with Crippen LogP contribution in [0.25, 0.3) is 0 Å².